The van der Waals surface area contributed by atoms with Crippen molar-refractivity contribution in [1.82, 2.24) is 4.98 Å². The molecule has 1 amide bonds. The molecule has 0 bridgehead atoms. The minimum absolute atomic E-state index is 0.0476. The highest BCUT2D eigenvalue weighted by atomic mass is 19.1. The zero-order valence-corrected chi connectivity index (χ0v) is 29.3. The van der Waals surface area contributed by atoms with Crippen molar-refractivity contribution in [3.63, 3.8) is 0 Å². The largest absolute Gasteiger partial charge is 0.454 e. The molecule has 268 valence electrons. The number of Topliss-reactive ketones (excluding diaryl/α,β-unsaturated/α-hetero) is 1. The van der Waals surface area contributed by atoms with Crippen LogP contribution in [0.4, 0.5) is 10.1 Å². The van der Waals surface area contributed by atoms with E-state index in [1.807, 2.05) is 44.2 Å². The number of benzene rings is 2. The molecule has 5 fully saturated rings. The van der Waals surface area contributed by atoms with Crippen LogP contribution in [0, 0.1) is 35.0 Å². The monoisotopic (exact) mass is 704 g/mol. The number of rotatable bonds is 7. The predicted octanol–water partition coefficient (Wildman–Crippen LogP) is 6.07. The van der Waals surface area contributed by atoms with Crippen LogP contribution in [0.3, 0.4) is 0 Å². The summed E-state index contributed by atoms with van der Waals surface area (Å²) >= 11 is 0. The third-order valence-electron chi connectivity index (χ3n) is 13.8. The molecule has 10 heteroatoms. The summed E-state index contributed by atoms with van der Waals surface area (Å²) in [5.41, 5.74) is -2.90. The van der Waals surface area contributed by atoms with Crippen molar-refractivity contribution in [3.05, 3.63) is 95.9 Å². The van der Waals surface area contributed by atoms with Crippen molar-refractivity contribution >= 4 is 39.9 Å². The molecular weight excluding hydrogens is 663 g/mol. The van der Waals surface area contributed by atoms with Gasteiger partial charge in [-0.15, -0.1) is 0 Å². The van der Waals surface area contributed by atoms with Crippen molar-refractivity contribution < 1.29 is 38.1 Å². The van der Waals surface area contributed by atoms with Gasteiger partial charge in [0.05, 0.1) is 11.7 Å². The topological polar surface area (TPSA) is 135 Å². The SMILES string of the molecule is CC1C(C(=O)Nc2ccc3cnccc3c2)C1c1cccc(C(=O)OCC(=O)C23OC24CC(O)C2(F)C(CCC5=CC(=O)C=CC52C)C4CC3C)c1. The molecule has 6 aliphatic rings. The van der Waals surface area contributed by atoms with Crippen LogP contribution in [0.25, 0.3) is 10.8 Å². The first-order valence-electron chi connectivity index (χ1n) is 18.3. The van der Waals surface area contributed by atoms with E-state index in [0.29, 0.717) is 30.5 Å². The number of ether oxygens (including phenoxy) is 2. The Kier molecular flexibility index (Phi) is 7.19. The first kappa shape index (κ1) is 33.3. The third kappa shape index (κ3) is 4.43. The number of carbonyl (C=O) groups is 4. The maximum absolute atomic E-state index is 17.4. The standard InChI is InChI=1S/C42H41FN2O7/c1-22-15-32-31-10-8-28-18-30(46)11-13-39(28,3)41(31,43)33(47)19-40(32)42(22,52-40)34(48)21-51-38(50)26-6-4-5-25(16-26)35-23(2)36(35)37(49)45-29-9-7-27-20-44-14-12-24(27)17-29/h4-7,9,11-14,16-18,20,22-23,31-33,35-36,47H,8,10,15,19,21H2,1-3H3,(H,45,49). The smallest absolute Gasteiger partial charge is 0.338 e. The second-order valence-electron chi connectivity index (χ2n) is 16.2. The fourth-order valence-electron chi connectivity index (χ4n) is 11.1. The van der Waals surface area contributed by atoms with Gasteiger partial charge in [-0.1, -0.05) is 43.7 Å². The van der Waals surface area contributed by atoms with Crippen LogP contribution in [0.2, 0.25) is 0 Å². The van der Waals surface area contributed by atoms with Crippen LogP contribution >= 0.6 is 0 Å². The van der Waals surface area contributed by atoms with Crippen LogP contribution in [0.15, 0.2) is 84.7 Å². The van der Waals surface area contributed by atoms with E-state index < -0.39 is 46.9 Å². The molecule has 52 heavy (non-hydrogen) atoms. The number of alkyl halides is 1. The fourth-order valence-corrected chi connectivity index (χ4v) is 11.1. The number of aromatic nitrogens is 1. The summed E-state index contributed by atoms with van der Waals surface area (Å²) in [5.74, 6) is -2.71. The fraction of sp³-hybridized carbons (Fsp3) is 0.452. The lowest BCUT2D eigenvalue weighted by atomic mass is 9.48. The predicted molar refractivity (Wildman–Crippen MR) is 189 cm³/mol. The summed E-state index contributed by atoms with van der Waals surface area (Å²) in [6, 6.07) is 14.6. The molecule has 1 aromatic heterocycles. The number of nitrogens with zero attached hydrogens (tertiary/aromatic N) is 1. The van der Waals surface area contributed by atoms with E-state index in [4.69, 9.17) is 9.47 Å². The van der Waals surface area contributed by atoms with E-state index in [-0.39, 0.29) is 59.0 Å². The molecule has 2 aromatic carbocycles. The zero-order chi connectivity index (χ0) is 36.4. The average molecular weight is 705 g/mol. The molecule has 1 spiro atoms. The number of amides is 1. The summed E-state index contributed by atoms with van der Waals surface area (Å²) in [6.07, 6.45) is 8.05. The number of epoxide rings is 1. The van der Waals surface area contributed by atoms with Crippen LogP contribution < -0.4 is 5.32 Å². The third-order valence-corrected chi connectivity index (χ3v) is 13.8. The number of aliphatic hydroxyl groups excluding tert-OH is 1. The van der Waals surface area contributed by atoms with E-state index >= 15 is 4.39 Å². The highest BCUT2D eigenvalue weighted by molar-refractivity contribution is 6.01. The molecule has 4 saturated carbocycles. The van der Waals surface area contributed by atoms with E-state index in [1.54, 1.807) is 43.6 Å². The molecule has 2 heterocycles. The normalized spacial score (nSPS) is 39.4. The molecule has 9 nitrogen and oxygen atoms in total. The van der Waals surface area contributed by atoms with Crippen molar-refractivity contribution in [3.8, 4) is 0 Å². The van der Waals surface area contributed by atoms with Gasteiger partial charge in [-0.25, -0.2) is 9.18 Å². The van der Waals surface area contributed by atoms with Crippen LogP contribution in [-0.2, 0) is 23.9 Å². The van der Waals surface area contributed by atoms with Gasteiger partial charge in [0.15, 0.2) is 23.7 Å². The molecular formula is C42H41FN2O7. The first-order valence-corrected chi connectivity index (χ1v) is 18.3. The number of esters is 1. The van der Waals surface area contributed by atoms with Gasteiger partial charge >= 0.3 is 5.97 Å². The number of pyridine rings is 1. The zero-order valence-electron chi connectivity index (χ0n) is 29.3. The van der Waals surface area contributed by atoms with Gasteiger partial charge in [-0.2, -0.15) is 0 Å². The molecule has 11 unspecified atom stereocenters. The number of aliphatic hydroxyl groups is 1. The van der Waals surface area contributed by atoms with Crippen LogP contribution in [0.5, 0.6) is 0 Å². The average Bonchev–Trinajstić information content (AvgIpc) is 3.99. The Morgan fingerprint density at radius 3 is 2.75 bits per heavy atom. The molecule has 2 N–H and O–H groups in total. The Bertz CT molecular complexity index is 2150. The highest BCUT2D eigenvalue weighted by Gasteiger charge is 2.88. The number of halogens is 1. The van der Waals surface area contributed by atoms with Crippen molar-refractivity contribution in [1.29, 1.82) is 0 Å². The number of fused-ring (bicyclic) bond motifs is 5. The number of hydrogen-bond acceptors (Lipinski definition) is 8. The Morgan fingerprint density at radius 1 is 1.10 bits per heavy atom. The molecule has 5 aliphatic carbocycles. The summed E-state index contributed by atoms with van der Waals surface area (Å²) in [5, 5.41) is 16.6. The molecule has 9 rings (SSSR count). The highest BCUT2D eigenvalue weighted by Crippen LogP contribution is 2.76. The quantitative estimate of drug-likeness (QED) is 0.224. The molecule has 3 aromatic rings. The van der Waals surface area contributed by atoms with Gasteiger partial charge in [0.25, 0.3) is 0 Å². The Hall–Kier alpha value is -4.54. The summed E-state index contributed by atoms with van der Waals surface area (Å²) in [7, 11) is 0. The van der Waals surface area contributed by atoms with Gasteiger partial charge in [0, 0.05) is 47.1 Å². The Labute approximate surface area is 300 Å². The van der Waals surface area contributed by atoms with E-state index in [2.05, 4.69) is 10.3 Å². The van der Waals surface area contributed by atoms with E-state index in [0.717, 1.165) is 16.3 Å². The van der Waals surface area contributed by atoms with Crippen molar-refractivity contribution in [2.24, 2.45) is 35.0 Å². The summed E-state index contributed by atoms with van der Waals surface area (Å²) in [4.78, 5) is 56.8. The lowest BCUT2D eigenvalue weighted by molar-refractivity contribution is -0.179. The second-order valence-corrected chi connectivity index (χ2v) is 16.2. The number of nitrogens with one attached hydrogen (secondary N) is 1. The molecule has 0 radical (unpaired) electrons. The van der Waals surface area contributed by atoms with Gasteiger partial charge in [-0.3, -0.25) is 19.4 Å². The number of allylic oxidation sites excluding steroid dienone is 4. The molecule has 1 aliphatic heterocycles. The number of anilines is 1. The van der Waals surface area contributed by atoms with E-state index in [9.17, 15) is 24.3 Å². The minimum atomic E-state index is -2.01. The Morgan fingerprint density at radius 2 is 1.92 bits per heavy atom. The Balaban J connectivity index is 0.868. The first-order chi connectivity index (χ1) is 24.8. The summed E-state index contributed by atoms with van der Waals surface area (Å²) in [6.45, 7) is 5.18. The van der Waals surface area contributed by atoms with E-state index in [1.165, 1.54) is 12.2 Å². The van der Waals surface area contributed by atoms with Crippen molar-refractivity contribution in [2.75, 3.05) is 11.9 Å². The van der Waals surface area contributed by atoms with Gasteiger partial charge in [0.2, 0.25) is 11.7 Å². The van der Waals surface area contributed by atoms with Crippen LogP contribution in [0.1, 0.15) is 68.3 Å². The number of hydrogen-bond donors (Lipinski definition) is 2. The van der Waals surface area contributed by atoms with Gasteiger partial charge in [-0.05, 0) is 103 Å². The van der Waals surface area contributed by atoms with Gasteiger partial charge in [0.1, 0.15) is 5.60 Å². The van der Waals surface area contributed by atoms with Crippen LogP contribution in [-0.4, -0.2) is 63.1 Å². The second kappa shape index (κ2) is 11.2. The maximum Gasteiger partial charge on any atom is 0.338 e. The minimum Gasteiger partial charge on any atom is -0.454 e. The number of carbonyl (C=O) groups excluding carboxylic acids is 4. The summed E-state index contributed by atoms with van der Waals surface area (Å²) < 4.78 is 29.4. The molecule has 1 saturated heterocycles. The number of ketones is 2. The lowest BCUT2D eigenvalue weighted by Gasteiger charge is -2.59. The van der Waals surface area contributed by atoms with Crippen molar-refractivity contribution in [2.45, 2.75) is 75.3 Å². The van der Waals surface area contributed by atoms with Gasteiger partial charge < -0.3 is 19.9 Å². The maximum atomic E-state index is 17.4. The lowest BCUT2D eigenvalue weighted by Crippen LogP contribution is -2.66. The molecule has 11 atom stereocenters.